The highest BCUT2D eigenvalue weighted by atomic mass is 35.7. The summed E-state index contributed by atoms with van der Waals surface area (Å²) in [5, 5.41) is 0. The maximum atomic E-state index is 11.9. The molecular formula is C33H29ClN2O5. The van der Waals surface area contributed by atoms with Crippen LogP contribution in [0.25, 0.3) is 39.3 Å². The number of hydrogen-bond acceptors (Lipinski definition) is 6. The smallest absolute Gasteiger partial charge is 0.219 e. The standard InChI is InChI=1S/C33H29N2O.ClHO4/c1-24(36)25-14-20-31(21-15-25)35-32(27-10-6-4-7-11-27)22-29(23-33(35)28-12-8-5-9-13-28)26-16-18-30(19-17-26)34(2)3;2-1(3,4)5/h4-23H,1-3H3;(H,2,3,4,5)/q+1;/p-1. The average Bonchev–Trinajstić information content (AvgIpc) is 2.96. The summed E-state index contributed by atoms with van der Waals surface area (Å²) in [5.74, 6) is 0.0645. The van der Waals surface area contributed by atoms with Gasteiger partial charge in [0.15, 0.2) is 5.78 Å². The summed E-state index contributed by atoms with van der Waals surface area (Å²) in [4.78, 5) is 14.0. The van der Waals surface area contributed by atoms with E-state index in [0.29, 0.717) is 5.56 Å². The molecule has 0 aliphatic rings. The van der Waals surface area contributed by atoms with Gasteiger partial charge in [0.25, 0.3) is 0 Å². The van der Waals surface area contributed by atoms with E-state index in [-0.39, 0.29) is 5.78 Å². The zero-order valence-electron chi connectivity index (χ0n) is 22.9. The summed E-state index contributed by atoms with van der Waals surface area (Å²) in [6, 6.07) is 42.0. The third kappa shape index (κ3) is 7.85. The van der Waals surface area contributed by atoms with Gasteiger partial charge < -0.3 is 4.90 Å². The summed E-state index contributed by atoms with van der Waals surface area (Å²) in [6.45, 7) is 1.60. The molecule has 7 nitrogen and oxygen atoms in total. The fraction of sp³-hybridized carbons (Fsp3) is 0.0909. The van der Waals surface area contributed by atoms with Crippen molar-refractivity contribution in [1.82, 2.24) is 0 Å². The van der Waals surface area contributed by atoms with Crippen molar-refractivity contribution in [1.29, 1.82) is 0 Å². The first kappa shape index (κ1) is 29.6. The molecule has 0 atom stereocenters. The number of hydrogen-bond donors (Lipinski definition) is 0. The lowest BCUT2D eigenvalue weighted by atomic mass is 9.98. The largest absolute Gasteiger partial charge is 0.378 e. The minimum absolute atomic E-state index is 0.0645. The minimum atomic E-state index is -4.94. The number of nitrogens with zero attached hydrogens (tertiary/aromatic N) is 2. The summed E-state index contributed by atoms with van der Waals surface area (Å²) >= 11 is 0. The van der Waals surface area contributed by atoms with Crippen molar-refractivity contribution < 1.29 is 38.2 Å². The Hall–Kier alpha value is -4.37. The van der Waals surface area contributed by atoms with Gasteiger partial charge in [0.1, 0.15) is 0 Å². The van der Waals surface area contributed by atoms with E-state index < -0.39 is 10.2 Å². The van der Waals surface area contributed by atoms with Gasteiger partial charge in [-0.25, -0.2) is 18.6 Å². The van der Waals surface area contributed by atoms with Crippen molar-refractivity contribution in [3.8, 4) is 39.3 Å². The van der Waals surface area contributed by atoms with Crippen molar-refractivity contribution in [2.24, 2.45) is 0 Å². The van der Waals surface area contributed by atoms with E-state index in [1.54, 1.807) is 6.92 Å². The second-order valence-corrected chi connectivity index (χ2v) is 10.3. The maximum absolute atomic E-state index is 11.9. The maximum Gasteiger partial charge on any atom is 0.219 e. The topological polar surface area (TPSA) is 116 Å². The Bertz CT molecular complexity index is 1530. The highest BCUT2D eigenvalue weighted by molar-refractivity contribution is 5.94. The minimum Gasteiger partial charge on any atom is -0.378 e. The average molecular weight is 569 g/mol. The zero-order valence-corrected chi connectivity index (χ0v) is 23.6. The van der Waals surface area contributed by atoms with Gasteiger partial charge in [-0.3, -0.25) is 4.79 Å². The van der Waals surface area contributed by atoms with E-state index in [1.807, 2.05) is 36.4 Å². The lowest BCUT2D eigenvalue weighted by molar-refractivity contribution is -2.00. The Morgan fingerprint density at radius 1 is 0.610 bits per heavy atom. The Balaban J connectivity index is 0.000000714. The molecule has 4 aromatic carbocycles. The van der Waals surface area contributed by atoms with Crippen LogP contribution in [0.4, 0.5) is 5.69 Å². The van der Waals surface area contributed by atoms with Crippen LogP contribution < -0.4 is 28.1 Å². The number of anilines is 1. The number of carbonyl (C=O) groups is 1. The van der Waals surface area contributed by atoms with Crippen LogP contribution in [0.1, 0.15) is 17.3 Å². The molecule has 5 rings (SSSR count). The number of rotatable bonds is 6. The second kappa shape index (κ2) is 12.9. The number of carbonyl (C=O) groups excluding carboxylic acids is 1. The number of benzene rings is 4. The van der Waals surface area contributed by atoms with Gasteiger partial charge in [0.05, 0.1) is 0 Å². The molecule has 1 heterocycles. The Morgan fingerprint density at radius 2 is 1.05 bits per heavy atom. The molecule has 8 heteroatoms. The second-order valence-electron chi connectivity index (χ2n) is 9.50. The Kier molecular flexibility index (Phi) is 9.29. The van der Waals surface area contributed by atoms with Crippen LogP contribution in [-0.4, -0.2) is 19.9 Å². The molecule has 0 fully saturated rings. The monoisotopic (exact) mass is 568 g/mol. The fourth-order valence-electron chi connectivity index (χ4n) is 4.48. The number of pyridine rings is 1. The number of aromatic nitrogens is 1. The molecule has 0 spiro atoms. The fourth-order valence-corrected chi connectivity index (χ4v) is 4.48. The molecule has 41 heavy (non-hydrogen) atoms. The number of Topliss-reactive ketones (excluding diaryl/α,β-unsaturated/α-hetero) is 1. The zero-order chi connectivity index (χ0) is 29.6. The van der Waals surface area contributed by atoms with Crippen LogP contribution in [0.15, 0.2) is 121 Å². The summed E-state index contributed by atoms with van der Waals surface area (Å²) < 4.78 is 36.3. The van der Waals surface area contributed by atoms with Gasteiger partial charge in [-0.05, 0) is 66.6 Å². The SMILES string of the molecule is CC(=O)c1ccc(-[n+]2c(-c3ccccc3)cc(-c3ccc(N(C)C)cc3)cc2-c2ccccc2)cc1.[O-][Cl+3]([O-])([O-])[O-]. The van der Waals surface area contributed by atoms with Gasteiger partial charge in [-0.2, -0.15) is 4.57 Å². The van der Waals surface area contributed by atoms with Crippen molar-refractivity contribution in [3.05, 3.63) is 127 Å². The predicted octanol–water partition coefficient (Wildman–Crippen LogP) is 2.48. The van der Waals surface area contributed by atoms with Crippen molar-refractivity contribution in [3.63, 3.8) is 0 Å². The molecule has 0 bridgehead atoms. The van der Waals surface area contributed by atoms with Crippen LogP contribution >= 0.6 is 0 Å². The molecule has 0 radical (unpaired) electrons. The van der Waals surface area contributed by atoms with Gasteiger partial charge in [-0.1, -0.05) is 48.5 Å². The van der Waals surface area contributed by atoms with E-state index in [4.69, 9.17) is 18.6 Å². The molecule has 0 saturated heterocycles. The van der Waals surface area contributed by atoms with Crippen LogP contribution in [0.2, 0.25) is 0 Å². The number of halogens is 1. The third-order valence-electron chi connectivity index (χ3n) is 6.45. The molecule has 0 aliphatic carbocycles. The summed E-state index contributed by atoms with van der Waals surface area (Å²) in [5.41, 5.74) is 9.60. The number of ketones is 1. The highest BCUT2D eigenvalue weighted by Gasteiger charge is 2.25. The van der Waals surface area contributed by atoms with Crippen LogP contribution in [0.3, 0.4) is 0 Å². The normalized spacial score (nSPS) is 10.9. The first-order valence-corrected chi connectivity index (χ1v) is 14.0. The first-order valence-electron chi connectivity index (χ1n) is 12.7. The summed E-state index contributed by atoms with van der Waals surface area (Å²) in [7, 11) is -0.836. The molecule has 0 saturated carbocycles. The van der Waals surface area contributed by atoms with E-state index in [2.05, 4.69) is 108 Å². The van der Waals surface area contributed by atoms with Gasteiger partial charge in [0.2, 0.25) is 17.1 Å². The van der Waals surface area contributed by atoms with Gasteiger partial charge >= 0.3 is 0 Å². The molecule has 208 valence electrons. The van der Waals surface area contributed by atoms with Gasteiger partial charge in [0, 0.05) is 60.7 Å². The predicted molar refractivity (Wildman–Crippen MR) is 149 cm³/mol. The van der Waals surface area contributed by atoms with E-state index in [0.717, 1.165) is 39.3 Å². The van der Waals surface area contributed by atoms with E-state index >= 15 is 0 Å². The Morgan fingerprint density at radius 3 is 1.44 bits per heavy atom. The molecule has 0 aliphatic heterocycles. The van der Waals surface area contributed by atoms with E-state index in [9.17, 15) is 4.79 Å². The molecule has 0 amide bonds. The van der Waals surface area contributed by atoms with Crippen LogP contribution in [0, 0.1) is 10.2 Å². The van der Waals surface area contributed by atoms with Crippen molar-refractivity contribution in [2.45, 2.75) is 6.92 Å². The van der Waals surface area contributed by atoms with Crippen LogP contribution in [0.5, 0.6) is 0 Å². The van der Waals surface area contributed by atoms with Crippen LogP contribution in [-0.2, 0) is 0 Å². The third-order valence-corrected chi connectivity index (χ3v) is 6.45. The Labute approximate surface area is 241 Å². The van der Waals surface area contributed by atoms with Crippen molar-refractivity contribution in [2.75, 3.05) is 19.0 Å². The molecule has 5 aromatic rings. The lowest BCUT2D eigenvalue weighted by Gasteiger charge is -2.17. The van der Waals surface area contributed by atoms with Gasteiger partial charge in [-0.15, -0.1) is 10.2 Å². The van der Waals surface area contributed by atoms with Crippen molar-refractivity contribution >= 4 is 11.5 Å². The molecule has 0 N–H and O–H groups in total. The molecule has 0 unspecified atom stereocenters. The quantitative estimate of drug-likeness (QED) is 0.229. The van der Waals surface area contributed by atoms with E-state index in [1.165, 1.54) is 5.69 Å². The highest BCUT2D eigenvalue weighted by Crippen LogP contribution is 2.31. The molecule has 1 aromatic heterocycles. The molecular weight excluding hydrogens is 540 g/mol. The lowest BCUT2D eigenvalue weighted by Crippen LogP contribution is -2.68. The first-order chi connectivity index (χ1) is 19.5. The summed E-state index contributed by atoms with van der Waals surface area (Å²) in [6.07, 6.45) is 0.